The van der Waals surface area contributed by atoms with Gasteiger partial charge in [0, 0.05) is 17.7 Å². The van der Waals surface area contributed by atoms with Gasteiger partial charge >= 0.3 is 6.18 Å². The summed E-state index contributed by atoms with van der Waals surface area (Å²) in [5.41, 5.74) is 4.02. The SMILES string of the molecule is Nc1n[nH]c2nc(-c3ccc([N+](=O)[O-])cc3)nc(C(F)(F)F)c12. The number of nitrogens with two attached hydrogens (primary N) is 1. The van der Waals surface area contributed by atoms with Crippen LogP contribution in [0.3, 0.4) is 0 Å². The fourth-order valence-electron chi connectivity index (χ4n) is 2.02. The van der Waals surface area contributed by atoms with Crippen LogP contribution in [0.4, 0.5) is 24.7 Å². The van der Waals surface area contributed by atoms with E-state index in [0.717, 1.165) is 12.1 Å². The number of nitrogens with one attached hydrogen (secondary N) is 1. The molecular formula is C12H7F3N6O2. The number of nitrogen functional groups attached to an aromatic ring is 1. The van der Waals surface area contributed by atoms with Crippen LogP contribution in [-0.2, 0) is 6.18 Å². The smallest absolute Gasteiger partial charge is 0.382 e. The molecule has 2 heterocycles. The lowest BCUT2D eigenvalue weighted by Crippen LogP contribution is -2.11. The van der Waals surface area contributed by atoms with Crippen molar-refractivity contribution in [1.82, 2.24) is 20.2 Å². The highest BCUT2D eigenvalue weighted by Crippen LogP contribution is 2.36. The maximum atomic E-state index is 13.2. The summed E-state index contributed by atoms with van der Waals surface area (Å²) in [5.74, 6) is -0.606. The van der Waals surface area contributed by atoms with Crippen LogP contribution in [0.2, 0.25) is 0 Å². The van der Waals surface area contributed by atoms with Gasteiger partial charge in [-0.2, -0.15) is 18.3 Å². The first-order valence-corrected chi connectivity index (χ1v) is 6.11. The Labute approximate surface area is 125 Å². The first-order chi connectivity index (χ1) is 10.8. The number of nitro benzene ring substituents is 1. The molecule has 0 saturated heterocycles. The highest BCUT2D eigenvalue weighted by molar-refractivity contribution is 5.89. The number of hydrogen-bond donors (Lipinski definition) is 2. The molecule has 0 aliphatic rings. The minimum absolute atomic E-state index is 0.168. The van der Waals surface area contributed by atoms with E-state index < -0.39 is 22.2 Å². The second-order valence-corrected chi connectivity index (χ2v) is 4.53. The van der Waals surface area contributed by atoms with Crippen LogP contribution in [0.15, 0.2) is 24.3 Å². The summed E-state index contributed by atoms with van der Waals surface area (Å²) in [6.07, 6.45) is -4.76. The van der Waals surface area contributed by atoms with Crippen LogP contribution in [0.25, 0.3) is 22.4 Å². The molecule has 0 atom stereocenters. The summed E-state index contributed by atoms with van der Waals surface area (Å²) in [7, 11) is 0. The molecule has 0 fully saturated rings. The average molecular weight is 324 g/mol. The Morgan fingerprint density at radius 1 is 1.17 bits per heavy atom. The summed E-state index contributed by atoms with van der Waals surface area (Å²) in [6, 6.07) is 4.83. The van der Waals surface area contributed by atoms with E-state index in [1.54, 1.807) is 0 Å². The van der Waals surface area contributed by atoms with E-state index in [1.807, 2.05) is 0 Å². The molecule has 0 unspecified atom stereocenters. The zero-order chi connectivity index (χ0) is 16.8. The number of fused-ring (bicyclic) bond motifs is 1. The predicted molar refractivity (Wildman–Crippen MR) is 73.2 cm³/mol. The van der Waals surface area contributed by atoms with Crippen molar-refractivity contribution in [2.45, 2.75) is 6.18 Å². The first kappa shape index (κ1) is 14.7. The number of non-ortho nitro benzene ring substituents is 1. The summed E-state index contributed by atoms with van der Waals surface area (Å²) < 4.78 is 39.5. The van der Waals surface area contributed by atoms with E-state index in [2.05, 4.69) is 20.2 Å². The quantitative estimate of drug-likeness (QED) is 0.551. The number of aromatic nitrogens is 4. The van der Waals surface area contributed by atoms with Gasteiger partial charge in [-0.05, 0) is 12.1 Å². The van der Waals surface area contributed by atoms with Gasteiger partial charge in [-0.1, -0.05) is 0 Å². The van der Waals surface area contributed by atoms with E-state index in [-0.39, 0.29) is 28.5 Å². The van der Waals surface area contributed by atoms with Gasteiger partial charge < -0.3 is 5.73 Å². The third kappa shape index (κ3) is 2.52. The zero-order valence-electron chi connectivity index (χ0n) is 11.1. The molecule has 0 spiro atoms. The lowest BCUT2D eigenvalue weighted by atomic mass is 10.1. The normalized spacial score (nSPS) is 11.8. The topological polar surface area (TPSA) is 124 Å². The molecule has 2 aromatic heterocycles. The van der Waals surface area contributed by atoms with Crippen molar-refractivity contribution in [2.75, 3.05) is 5.73 Å². The molecule has 3 rings (SSSR count). The molecule has 0 bridgehead atoms. The second-order valence-electron chi connectivity index (χ2n) is 4.53. The predicted octanol–water partition coefficient (Wildman–Crippen LogP) is 2.53. The number of nitrogens with zero attached hydrogens (tertiary/aromatic N) is 4. The van der Waals surface area contributed by atoms with E-state index >= 15 is 0 Å². The molecule has 11 heteroatoms. The number of nitro groups is 1. The lowest BCUT2D eigenvalue weighted by molar-refractivity contribution is -0.384. The summed E-state index contributed by atoms with van der Waals surface area (Å²) in [5, 5.41) is 16.0. The number of anilines is 1. The van der Waals surface area contributed by atoms with Crippen molar-refractivity contribution in [3.63, 3.8) is 0 Å². The van der Waals surface area contributed by atoms with E-state index in [0.29, 0.717) is 0 Å². The minimum atomic E-state index is -4.76. The third-order valence-corrected chi connectivity index (χ3v) is 3.05. The van der Waals surface area contributed by atoms with Gasteiger partial charge in [0.2, 0.25) is 0 Å². The van der Waals surface area contributed by atoms with Crippen LogP contribution in [-0.4, -0.2) is 25.1 Å². The second kappa shape index (κ2) is 4.90. The van der Waals surface area contributed by atoms with Gasteiger partial charge in [0.25, 0.3) is 5.69 Å². The minimum Gasteiger partial charge on any atom is -0.382 e. The summed E-state index contributed by atoms with van der Waals surface area (Å²) in [6.45, 7) is 0. The Morgan fingerprint density at radius 2 is 1.83 bits per heavy atom. The summed E-state index contributed by atoms with van der Waals surface area (Å²) in [4.78, 5) is 17.4. The van der Waals surface area contributed by atoms with Gasteiger partial charge in [0.1, 0.15) is 0 Å². The summed E-state index contributed by atoms with van der Waals surface area (Å²) >= 11 is 0. The van der Waals surface area contributed by atoms with E-state index in [1.165, 1.54) is 12.1 Å². The van der Waals surface area contributed by atoms with E-state index in [9.17, 15) is 23.3 Å². The van der Waals surface area contributed by atoms with Crippen LogP contribution < -0.4 is 5.73 Å². The molecule has 0 radical (unpaired) electrons. The number of alkyl halides is 3. The number of rotatable bonds is 2. The molecule has 0 amide bonds. The fourth-order valence-corrected chi connectivity index (χ4v) is 2.02. The zero-order valence-corrected chi connectivity index (χ0v) is 11.1. The Bertz CT molecular complexity index is 904. The van der Waals surface area contributed by atoms with Crippen molar-refractivity contribution in [1.29, 1.82) is 0 Å². The lowest BCUT2D eigenvalue weighted by Gasteiger charge is -2.09. The monoisotopic (exact) mass is 324 g/mol. The first-order valence-electron chi connectivity index (χ1n) is 6.11. The Hall–Kier alpha value is -3.24. The molecular weight excluding hydrogens is 317 g/mol. The van der Waals surface area contributed by atoms with Gasteiger partial charge in [-0.15, -0.1) is 0 Å². The molecule has 0 saturated carbocycles. The fraction of sp³-hybridized carbons (Fsp3) is 0.0833. The van der Waals surface area contributed by atoms with Crippen LogP contribution in [0, 0.1) is 10.1 Å². The molecule has 3 N–H and O–H groups in total. The molecule has 118 valence electrons. The Kier molecular flexibility index (Phi) is 3.13. The van der Waals surface area contributed by atoms with Crippen molar-refractivity contribution >= 4 is 22.5 Å². The molecule has 1 aromatic carbocycles. The highest BCUT2D eigenvalue weighted by atomic mass is 19.4. The number of hydrogen-bond acceptors (Lipinski definition) is 6. The van der Waals surface area contributed by atoms with Crippen LogP contribution >= 0.6 is 0 Å². The van der Waals surface area contributed by atoms with Crippen molar-refractivity contribution in [2.24, 2.45) is 0 Å². The van der Waals surface area contributed by atoms with Crippen molar-refractivity contribution in [3.05, 3.63) is 40.1 Å². The standard InChI is InChI=1S/C12H7F3N6O2/c13-12(14,15)8-7-9(16)19-20-11(7)18-10(17-8)5-1-3-6(4-2-5)21(22)23/h1-4H,(H3,16,17,18,19,20). The third-order valence-electron chi connectivity index (χ3n) is 3.05. The van der Waals surface area contributed by atoms with Gasteiger partial charge in [0.15, 0.2) is 23.0 Å². The van der Waals surface area contributed by atoms with Crippen LogP contribution in [0.5, 0.6) is 0 Å². The molecule has 8 nitrogen and oxygen atoms in total. The molecule has 3 aromatic rings. The van der Waals surface area contributed by atoms with Crippen LogP contribution in [0.1, 0.15) is 5.69 Å². The number of benzene rings is 1. The van der Waals surface area contributed by atoms with Gasteiger partial charge in [-0.3, -0.25) is 15.2 Å². The Morgan fingerprint density at radius 3 is 2.39 bits per heavy atom. The van der Waals surface area contributed by atoms with Gasteiger partial charge in [0.05, 0.1) is 10.3 Å². The van der Waals surface area contributed by atoms with Crippen molar-refractivity contribution in [3.8, 4) is 11.4 Å². The molecule has 0 aliphatic carbocycles. The largest absolute Gasteiger partial charge is 0.434 e. The number of aromatic amines is 1. The Balaban J connectivity index is 2.20. The molecule has 23 heavy (non-hydrogen) atoms. The average Bonchev–Trinajstić information content (AvgIpc) is 2.87. The van der Waals surface area contributed by atoms with Gasteiger partial charge in [-0.25, -0.2) is 9.97 Å². The highest BCUT2D eigenvalue weighted by Gasteiger charge is 2.37. The maximum Gasteiger partial charge on any atom is 0.434 e. The van der Waals surface area contributed by atoms with E-state index in [4.69, 9.17) is 5.73 Å². The maximum absolute atomic E-state index is 13.2. The van der Waals surface area contributed by atoms with Crippen molar-refractivity contribution < 1.29 is 18.1 Å². The number of halogens is 3. The molecule has 0 aliphatic heterocycles. The number of H-pyrrole nitrogens is 1.